The number of carbonyl (C=O) groups excluding carboxylic acids is 2. The summed E-state index contributed by atoms with van der Waals surface area (Å²) >= 11 is 0. The highest BCUT2D eigenvalue weighted by Gasteiger charge is 2.45. The molecule has 2 aromatic rings. The number of rotatable bonds is 4. The maximum Gasteiger partial charge on any atom is 0.509 e. The fourth-order valence-corrected chi connectivity index (χ4v) is 4.05. The van der Waals surface area contributed by atoms with Gasteiger partial charge in [0.15, 0.2) is 5.60 Å². The maximum atomic E-state index is 13.1. The van der Waals surface area contributed by atoms with Gasteiger partial charge in [-0.15, -0.1) is 0 Å². The van der Waals surface area contributed by atoms with Gasteiger partial charge in [0.1, 0.15) is 6.61 Å². The Hall–Kier alpha value is -2.82. The van der Waals surface area contributed by atoms with Crippen molar-refractivity contribution >= 4 is 12.1 Å². The molecule has 2 aliphatic rings. The molecule has 1 unspecified atom stereocenters. The molecule has 2 aromatic carbocycles. The summed E-state index contributed by atoms with van der Waals surface area (Å²) in [5.74, 6) is 0.160. The van der Waals surface area contributed by atoms with Crippen LogP contribution in [0.4, 0.5) is 4.79 Å². The monoisotopic (exact) mass is 379 g/mol. The average Bonchev–Trinajstić information content (AvgIpc) is 3.08. The van der Waals surface area contributed by atoms with E-state index in [1.54, 1.807) is 0 Å². The number of cyclic esters (lactones) is 1. The molecule has 5 nitrogen and oxygen atoms in total. The van der Waals surface area contributed by atoms with Crippen molar-refractivity contribution < 1.29 is 19.1 Å². The summed E-state index contributed by atoms with van der Waals surface area (Å²) in [6.07, 6.45) is 1.09. The number of piperidine rings is 1. The molecule has 1 amide bonds. The molecule has 0 saturated carbocycles. The van der Waals surface area contributed by atoms with Gasteiger partial charge in [-0.05, 0) is 18.1 Å². The summed E-state index contributed by atoms with van der Waals surface area (Å²) in [4.78, 5) is 26.3. The summed E-state index contributed by atoms with van der Waals surface area (Å²) in [5.41, 5.74) is 2.96. The highest BCUT2D eigenvalue weighted by Crippen LogP contribution is 2.33. The molecule has 1 spiro atoms. The molecule has 1 atom stereocenters. The number of amides is 1. The first-order chi connectivity index (χ1) is 13.5. The smallest absolute Gasteiger partial charge is 0.430 e. The first-order valence-corrected chi connectivity index (χ1v) is 9.80. The molecular weight excluding hydrogens is 354 g/mol. The average molecular weight is 379 g/mol. The molecule has 2 saturated heterocycles. The number of nitrogens with zero attached hydrogens (tertiary/aromatic N) is 1. The highest BCUT2D eigenvalue weighted by molar-refractivity contribution is 5.78. The standard InChI is InChI=1S/C23H25NO4/c1-17-7-9-19(10-8-17)20(18-5-3-2-4-6-18)15-21(25)24-13-11-23(12-14-24)16-27-22(26)28-23/h2-10,20H,11-16H2,1H3. The van der Waals surface area contributed by atoms with Gasteiger partial charge < -0.3 is 14.4 Å². The first kappa shape index (κ1) is 18.5. The molecule has 0 N–H and O–H groups in total. The molecular formula is C23H25NO4. The fourth-order valence-electron chi connectivity index (χ4n) is 4.05. The SMILES string of the molecule is Cc1ccc(C(CC(=O)N2CCC3(CC2)COC(=O)O3)c2ccccc2)cc1. The van der Waals surface area contributed by atoms with Crippen LogP contribution in [-0.2, 0) is 14.3 Å². The minimum atomic E-state index is -0.594. The number of aryl methyl sites for hydroxylation is 1. The van der Waals surface area contributed by atoms with E-state index in [0.29, 0.717) is 39.0 Å². The van der Waals surface area contributed by atoms with Crippen LogP contribution in [0.3, 0.4) is 0 Å². The van der Waals surface area contributed by atoms with Crippen LogP contribution in [0.5, 0.6) is 0 Å². The first-order valence-electron chi connectivity index (χ1n) is 9.80. The van der Waals surface area contributed by atoms with E-state index in [0.717, 1.165) is 11.1 Å². The topological polar surface area (TPSA) is 55.8 Å². The van der Waals surface area contributed by atoms with Gasteiger partial charge in [0.25, 0.3) is 0 Å². The third-order valence-electron chi connectivity index (χ3n) is 5.84. The van der Waals surface area contributed by atoms with Gasteiger partial charge in [-0.2, -0.15) is 0 Å². The molecule has 2 heterocycles. The van der Waals surface area contributed by atoms with Crippen molar-refractivity contribution in [2.45, 2.75) is 37.7 Å². The largest absolute Gasteiger partial charge is 0.509 e. The third kappa shape index (κ3) is 3.88. The second-order valence-corrected chi connectivity index (χ2v) is 7.78. The lowest BCUT2D eigenvalue weighted by Gasteiger charge is -2.36. The zero-order valence-electron chi connectivity index (χ0n) is 16.1. The lowest BCUT2D eigenvalue weighted by molar-refractivity contribution is -0.134. The highest BCUT2D eigenvalue weighted by atomic mass is 16.8. The number of benzene rings is 2. The number of carbonyl (C=O) groups is 2. The quantitative estimate of drug-likeness (QED) is 0.752. The maximum absolute atomic E-state index is 13.1. The predicted octanol–water partition coefficient (Wildman–Crippen LogP) is 4.05. The zero-order valence-corrected chi connectivity index (χ0v) is 16.1. The lowest BCUT2D eigenvalue weighted by atomic mass is 9.87. The van der Waals surface area contributed by atoms with Crippen LogP contribution in [-0.4, -0.2) is 42.3 Å². The second kappa shape index (κ2) is 7.66. The third-order valence-corrected chi connectivity index (χ3v) is 5.84. The summed E-state index contributed by atoms with van der Waals surface area (Å²) in [7, 11) is 0. The molecule has 2 aliphatic heterocycles. The summed E-state index contributed by atoms with van der Waals surface area (Å²) in [5, 5.41) is 0. The van der Waals surface area contributed by atoms with Gasteiger partial charge in [0.2, 0.25) is 5.91 Å². The molecule has 4 rings (SSSR count). The number of hydrogen-bond donors (Lipinski definition) is 0. The van der Waals surface area contributed by atoms with Crippen molar-refractivity contribution in [3.05, 3.63) is 71.3 Å². The van der Waals surface area contributed by atoms with Crippen molar-refractivity contribution in [2.75, 3.05) is 19.7 Å². The normalized spacial score (nSPS) is 19.2. The molecule has 0 radical (unpaired) electrons. The van der Waals surface area contributed by atoms with Crippen LogP contribution >= 0.6 is 0 Å². The van der Waals surface area contributed by atoms with Crippen molar-refractivity contribution in [3.8, 4) is 0 Å². The zero-order chi connectivity index (χ0) is 19.6. The Labute approximate surface area is 165 Å². The van der Waals surface area contributed by atoms with Crippen LogP contribution in [0.2, 0.25) is 0 Å². The van der Waals surface area contributed by atoms with Gasteiger partial charge >= 0.3 is 6.16 Å². The van der Waals surface area contributed by atoms with Crippen LogP contribution in [0.1, 0.15) is 41.9 Å². The number of ether oxygens (including phenoxy) is 2. The van der Waals surface area contributed by atoms with Crippen LogP contribution in [0, 0.1) is 6.92 Å². The molecule has 0 aliphatic carbocycles. The van der Waals surface area contributed by atoms with E-state index >= 15 is 0 Å². The van der Waals surface area contributed by atoms with Crippen molar-refractivity contribution in [1.82, 2.24) is 4.90 Å². The van der Waals surface area contributed by atoms with Gasteiger partial charge in [-0.3, -0.25) is 4.79 Å². The van der Waals surface area contributed by atoms with E-state index in [1.165, 1.54) is 5.56 Å². The Morgan fingerprint density at radius 1 is 1.04 bits per heavy atom. The minimum Gasteiger partial charge on any atom is -0.430 e. The van der Waals surface area contributed by atoms with E-state index in [4.69, 9.17) is 9.47 Å². The Kier molecular flexibility index (Phi) is 5.07. The molecule has 2 fully saturated rings. The van der Waals surface area contributed by atoms with E-state index in [9.17, 15) is 9.59 Å². The lowest BCUT2D eigenvalue weighted by Crippen LogP contribution is -2.48. The Bertz CT molecular complexity index is 839. The van der Waals surface area contributed by atoms with Crippen molar-refractivity contribution in [3.63, 3.8) is 0 Å². The fraction of sp³-hybridized carbons (Fsp3) is 0.391. The Morgan fingerprint density at radius 3 is 2.29 bits per heavy atom. The van der Waals surface area contributed by atoms with Gasteiger partial charge in [-0.25, -0.2) is 4.79 Å². The summed E-state index contributed by atoms with van der Waals surface area (Å²) in [6, 6.07) is 18.6. The molecule has 146 valence electrons. The molecule has 0 aromatic heterocycles. The molecule has 28 heavy (non-hydrogen) atoms. The van der Waals surface area contributed by atoms with E-state index in [2.05, 4.69) is 43.3 Å². The Balaban J connectivity index is 1.47. The predicted molar refractivity (Wildman–Crippen MR) is 105 cm³/mol. The number of hydrogen-bond acceptors (Lipinski definition) is 4. The van der Waals surface area contributed by atoms with Gasteiger partial charge in [0.05, 0.1) is 0 Å². The number of likely N-dealkylation sites (tertiary alicyclic amines) is 1. The van der Waals surface area contributed by atoms with E-state index in [1.807, 2.05) is 23.1 Å². The molecule has 0 bridgehead atoms. The van der Waals surface area contributed by atoms with Crippen LogP contribution < -0.4 is 0 Å². The van der Waals surface area contributed by atoms with Crippen LogP contribution in [0.15, 0.2) is 54.6 Å². The van der Waals surface area contributed by atoms with Crippen LogP contribution in [0.25, 0.3) is 0 Å². The summed E-state index contributed by atoms with van der Waals surface area (Å²) < 4.78 is 10.3. The Morgan fingerprint density at radius 2 is 1.68 bits per heavy atom. The van der Waals surface area contributed by atoms with Gasteiger partial charge in [-0.1, -0.05) is 60.2 Å². The summed E-state index contributed by atoms with van der Waals surface area (Å²) in [6.45, 7) is 3.54. The second-order valence-electron chi connectivity index (χ2n) is 7.78. The van der Waals surface area contributed by atoms with Crippen molar-refractivity contribution in [2.24, 2.45) is 0 Å². The molecule has 5 heteroatoms. The van der Waals surface area contributed by atoms with Crippen molar-refractivity contribution in [1.29, 1.82) is 0 Å². The minimum absolute atomic E-state index is 0.0258. The van der Waals surface area contributed by atoms with Gasteiger partial charge in [0, 0.05) is 38.3 Å². The van der Waals surface area contributed by atoms with E-state index < -0.39 is 11.8 Å². The van der Waals surface area contributed by atoms with E-state index in [-0.39, 0.29) is 11.8 Å².